The summed E-state index contributed by atoms with van der Waals surface area (Å²) in [6.07, 6.45) is -8.05. The molecule has 1 unspecified atom stereocenters. The van der Waals surface area contributed by atoms with Gasteiger partial charge in [0.2, 0.25) is 29.4 Å². The van der Waals surface area contributed by atoms with Gasteiger partial charge in [0.15, 0.2) is 0 Å². The van der Waals surface area contributed by atoms with Crippen LogP contribution in [0.3, 0.4) is 0 Å². The second-order valence-electron chi connectivity index (χ2n) is 5.70. The van der Waals surface area contributed by atoms with E-state index in [0.29, 0.717) is 0 Å². The van der Waals surface area contributed by atoms with Gasteiger partial charge < -0.3 is 35.0 Å². The predicted molar refractivity (Wildman–Crippen MR) is 79.6 cm³/mol. The first-order valence-corrected chi connectivity index (χ1v) is 7.45. The molecule has 1 heterocycles. The summed E-state index contributed by atoms with van der Waals surface area (Å²) in [4.78, 5) is 24.6. The summed E-state index contributed by atoms with van der Waals surface area (Å²) in [5.74, 6) is -3.34. The van der Waals surface area contributed by atoms with Crippen molar-refractivity contribution >= 4 is 11.6 Å². The Labute approximate surface area is 141 Å². The van der Waals surface area contributed by atoms with Gasteiger partial charge in [0, 0.05) is 11.1 Å². The Morgan fingerprint density at radius 3 is 2.16 bits per heavy atom. The second-order valence-corrected chi connectivity index (χ2v) is 5.70. The van der Waals surface area contributed by atoms with Gasteiger partial charge in [-0.1, -0.05) is 24.3 Å². The van der Waals surface area contributed by atoms with Gasteiger partial charge in [-0.05, 0) is 0 Å². The Bertz CT molecular complexity index is 739. The number of fused-ring (bicyclic) bond motifs is 1. The summed E-state index contributed by atoms with van der Waals surface area (Å²) >= 11 is 0. The molecule has 2 aliphatic rings. The van der Waals surface area contributed by atoms with Gasteiger partial charge in [-0.15, -0.1) is 0 Å². The van der Waals surface area contributed by atoms with Gasteiger partial charge in [-0.3, -0.25) is 9.59 Å². The van der Waals surface area contributed by atoms with E-state index in [4.69, 9.17) is 14.6 Å². The van der Waals surface area contributed by atoms with Gasteiger partial charge in [0.1, 0.15) is 24.4 Å². The minimum atomic E-state index is -1.78. The van der Waals surface area contributed by atoms with Gasteiger partial charge in [-0.2, -0.15) is 0 Å². The maximum absolute atomic E-state index is 12.5. The first-order valence-electron chi connectivity index (χ1n) is 7.45. The zero-order valence-corrected chi connectivity index (χ0v) is 12.8. The maximum atomic E-state index is 12.5. The average molecular weight is 352 g/mol. The molecule has 1 fully saturated rings. The molecule has 0 aromatic heterocycles. The molecule has 0 bridgehead atoms. The highest BCUT2D eigenvalue weighted by atomic mass is 16.7. The predicted octanol–water partition coefficient (Wildman–Crippen LogP) is -1.35. The number of ketones is 2. The molecule has 1 saturated heterocycles. The van der Waals surface area contributed by atoms with Crippen LogP contribution in [0.15, 0.2) is 35.8 Å². The fourth-order valence-corrected chi connectivity index (χ4v) is 2.73. The molecule has 1 aliphatic carbocycles. The molecule has 0 saturated carbocycles. The molecule has 0 radical (unpaired) electrons. The number of hydrogen-bond donors (Lipinski definition) is 5. The van der Waals surface area contributed by atoms with E-state index in [1.807, 2.05) is 0 Å². The summed E-state index contributed by atoms with van der Waals surface area (Å²) in [5, 5.41) is 48.6. The third kappa shape index (κ3) is 2.81. The average Bonchev–Trinajstić information content (AvgIpc) is 2.63. The lowest BCUT2D eigenvalue weighted by Gasteiger charge is -2.39. The lowest BCUT2D eigenvalue weighted by molar-refractivity contribution is -0.290. The van der Waals surface area contributed by atoms with Gasteiger partial charge in [0.25, 0.3) is 0 Å². The minimum absolute atomic E-state index is 0.00453. The number of carbonyl (C=O) groups excluding carboxylic acids is 2. The van der Waals surface area contributed by atoms with Gasteiger partial charge in [-0.25, -0.2) is 0 Å². The number of aliphatic hydroxyl groups excluding tert-OH is 5. The molecule has 9 heteroatoms. The molecule has 1 aliphatic heterocycles. The zero-order chi connectivity index (χ0) is 18.3. The first kappa shape index (κ1) is 17.5. The van der Waals surface area contributed by atoms with Crippen LogP contribution in [0, 0.1) is 0 Å². The molecule has 3 rings (SSSR count). The van der Waals surface area contributed by atoms with Gasteiger partial charge in [0.05, 0.1) is 6.61 Å². The SMILES string of the molecule is O=C1C(O)=C(OC2O[C@H](CO)[C@H](O)[C@H](O)[C@H]2O)C(=O)c2ccccc21. The van der Waals surface area contributed by atoms with Crippen LogP contribution in [0.25, 0.3) is 0 Å². The number of carbonyl (C=O) groups is 2. The van der Waals surface area contributed by atoms with E-state index >= 15 is 0 Å². The third-order valence-corrected chi connectivity index (χ3v) is 4.14. The quantitative estimate of drug-likeness (QED) is 0.444. The van der Waals surface area contributed by atoms with E-state index in [1.165, 1.54) is 24.3 Å². The number of Topliss-reactive ketones (excluding diaryl/α,β-unsaturated/α-hetero) is 2. The number of ether oxygens (including phenoxy) is 2. The molecule has 0 spiro atoms. The largest absolute Gasteiger partial charge is 0.501 e. The zero-order valence-electron chi connectivity index (χ0n) is 12.8. The van der Waals surface area contributed by atoms with E-state index in [-0.39, 0.29) is 11.1 Å². The molecular weight excluding hydrogens is 336 g/mol. The standard InChI is InChI=1S/C16H16O9/c17-5-8-11(20)12(21)14(23)16(24-8)25-15-10(19)7-4-2-1-3-6(7)9(18)13(15)22/h1-4,8,11-12,14,16-17,20-23H,5H2/t8-,11+,12+,14-,16?/m1/s1. The molecule has 25 heavy (non-hydrogen) atoms. The number of rotatable bonds is 3. The van der Waals surface area contributed by atoms with Crippen molar-refractivity contribution in [2.75, 3.05) is 6.61 Å². The number of hydrogen-bond acceptors (Lipinski definition) is 9. The van der Waals surface area contributed by atoms with Crippen molar-refractivity contribution in [1.82, 2.24) is 0 Å². The Balaban J connectivity index is 1.91. The Morgan fingerprint density at radius 2 is 1.56 bits per heavy atom. The number of allylic oxidation sites excluding steroid dienone is 2. The fraction of sp³-hybridized carbons (Fsp3) is 0.375. The topological polar surface area (TPSA) is 154 Å². The Hall–Kier alpha value is -2.30. The molecular formula is C16H16O9. The van der Waals surface area contributed by atoms with E-state index in [1.54, 1.807) is 0 Å². The molecule has 134 valence electrons. The van der Waals surface area contributed by atoms with Crippen LogP contribution in [0.5, 0.6) is 0 Å². The molecule has 9 nitrogen and oxygen atoms in total. The van der Waals surface area contributed by atoms with Crippen molar-refractivity contribution in [2.45, 2.75) is 30.7 Å². The van der Waals surface area contributed by atoms with E-state index in [2.05, 4.69) is 0 Å². The van der Waals surface area contributed by atoms with Gasteiger partial charge >= 0.3 is 0 Å². The molecule has 5 atom stereocenters. The highest BCUT2D eigenvalue weighted by molar-refractivity contribution is 6.25. The number of benzene rings is 1. The van der Waals surface area contributed by atoms with E-state index in [0.717, 1.165) is 0 Å². The highest BCUT2D eigenvalue weighted by Crippen LogP contribution is 2.30. The van der Waals surface area contributed by atoms with Crippen molar-refractivity contribution in [3.63, 3.8) is 0 Å². The normalized spacial score (nSPS) is 32.6. The summed E-state index contributed by atoms with van der Waals surface area (Å²) in [5.41, 5.74) is 0.0102. The molecule has 1 aromatic carbocycles. The Kier molecular flexibility index (Phi) is 4.58. The minimum Gasteiger partial charge on any atom is -0.501 e. The lowest BCUT2D eigenvalue weighted by atomic mass is 9.92. The lowest BCUT2D eigenvalue weighted by Crippen LogP contribution is -2.59. The van der Waals surface area contributed by atoms with Crippen molar-refractivity contribution in [3.05, 3.63) is 46.9 Å². The summed E-state index contributed by atoms with van der Waals surface area (Å²) in [7, 11) is 0. The summed E-state index contributed by atoms with van der Waals surface area (Å²) in [6, 6.07) is 5.80. The van der Waals surface area contributed by atoms with Crippen molar-refractivity contribution in [2.24, 2.45) is 0 Å². The van der Waals surface area contributed by atoms with Crippen LogP contribution in [-0.2, 0) is 9.47 Å². The van der Waals surface area contributed by atoms with E-state index in [9.17, 15) is 30.0 Å². The number of aliphatic hydroxyl groups is 5. The third-order valence-electron chi connectivity index (χ3n) is 4.14. The highest BCUT2D eigenvalue weighted by Gasteiger charge is 2.46. The smallest absolute Gasteiger partial charge is 0.232 e. The van der Waals surface area contributed by atoms with Crippen LogP contribution in [0.4, 0.5) is 0 Å². The van der Waals surface area contributed by atoms with Crippen LogP contribution in [0.1, 0.15) is 20.7 Å². The van der Waals surface area contributed by atoms with Crippen molar-refractivity contribution in [1.29, 1.82) is 0 Å². The molecule has 1 aromatic rings. The fourth-order valence-electron chi connectivity index (χ4n) is 2.73. The second kappa shape index (κ2) is 6.54. The first-order chi connectivity index (χ1) is 11.9. The van der Waals surface area contributed by atoms with Crippen LogP contribution in [-0.4, -0.2) is 74.4 Å². The van der Waals surface area contributed by atoms with Crippen molar-refractivity contribution < 1.29 is 44.6 Å². The van der Waals surface area contributed by atoms with E-state index < -0.39 is 60.4 Å². The summed E-state index contributed by atoms with van der Waals surface area (Å²) in [6.45, 7) is -0.689. The summed E-state index contributed by atoms with van der Waals surface area (Å²) < 4.78 is 10.3. The van der Waals surface area contributed by atoms with Crippen LogP contribution >= 0.6 is 0 Å². The monoisotopic (exact) mass is 352 g/mol. The van der Waals surface area contributed by atoms with Crippen molar-refractivity contribution in [3.8, 4) is 0 Å². The molecule has 0 amide bonds. The maximum Gasteiger partial charge on any atom is 0.232 e. The Morgan fingerprint density at radius 1 is 0.960 bits per heavy atom. The van der Waals surface area contributed by atoms with Crippen LogP contribution < -0.4 is 0 Å². The van der Waals surface area contributed by atoms with Crippen LogP contribution in [0.2, 0.25) is 0 Å². The molecule has 5 N–H and O–H groups in total.